The van der Waals surface area contributed by atoms with Gasteiger partial charge in [-0.05, 0) is 31.0 Å². The summed E-state index contributed by atoms with van der Waals surface area (Å²) in [5.41, 5.74) is 1.59. The maximum atomic E-state index is 14.1. The number of piperidine rings is 1. The second kappa shape index (κ2) is 8.81. The summed E-state index contributed by atoms with van der Waals surface area (Å²) in [5, 5.41) is 12.4. The van der Waals surface area contributed by atoms with E-state index in [4.69, 9.17) is 9.26 Å². The molecule has 1 saturated heterocycles. The normalized spacial score (nSPS) is 16.1. The lowest BCUT2D eigenvalue weighted by Gasteiger charge is -2.32. The van der Waals surface area contributed by atoms with Crippen molar-refractivity contribution in [2.24, 2.45) is 0 Å². The average Bonchev–Trinajstić information content (AvgIpc) is 3.54. The van der Waals surface area contributed by atoms with E-state index in [0.29, 0.717) is 24.6 Å². The van der Waals surface area contributed by atoms with Crippen molar-refractivity contribution in [3.05, 3.63) is 66.1 Å². The Balaban J connectivity index is 1.30. The second-order valence-corrected chi connectivity index (χ2v) is 7.77. The van der Waals surface area contributed by atoms with Crippen LogP contribution in [0.15, 0.2) is 59.3 Å². The molecule has 0 saturated carbocycles. The number of nitrogens with zero attached hydrogens (tertiary/aromatic N) is 6. The van der Waals surface area contributed by atoms with Crippen molar-refractivity contribution < 1.29 is 18.4 Å². The van der Waals surface area contributed by atoms with Crippen LogP contribution in [0.1, 0.15) is 29.2 Å². The molecule has 1 aliphatic rings. The van der Waals surface area contributed by atoms with Gasteiger partial charge >= 0.3 is 0 Å². The number of carbonyl (C=O) groups excluding carboxylic acids is 1. The van der Waals surface area contributed by atoms with Crippen molar-refractivity contribution in [1.29, 1.82) is 0 Å². The lowest BCUT2D eigenvalue weighted by atomic mass is 10.0. The molecule has 10 heteroatoms. The second-order valence-electron chi connectivity index (χ2n) is 7.77. The summed E-state index contributed by atoms with van der Waals surface area (Å²) in [6.07, 6.45) is 3.37. The van der Waals surface area contributed by atoms with Crippen molar-refractivity contribution in [3.8, 4) is 28.7 Å². The molecule has 1 aliphatic heterocycles. The highest BCUT2D eigenvalue weighted by Gasteiger charge is 2.27. The number of halogens is 1. The molecule has 4 aromatic rings. The van der Waals surface area contributed by atoms with Crippen molar-refractivity contribution in [2.45, 2.75) is 18.9 Å². The molecule has 2 aromatic heterocycles. The summed E-state index contributed by atoms with van der Waals surface area (Å²) in [5.74, 6) is 0.0618. The summed E-state index contributed by atoms with van der Waals surface area (Å²) in [6.45, 7) is 1.03. The highest BCUT2D eigenvalue weighted by Crippen LogP contribution is 2.26. The predicted molar refractivity (Wildman–Crippen MR) is 116 cm³/mol. The SMILES string of the molecule is COc1ccc(C(=O)N2CCCC(n3cc(-c4nc(-c5ccccc5)no4)nn3)C2)cc1F. The summed E-state index contributed by atoms with van der Waals surface area (Å²) in [6, 6.07) is 13.7. The van der Waals surface area contributed by atoms with Gasteiger partial charge in [0.15, 0.2) is 17.3 Å². The number of hydrogen-bond donors (Lipinski definition) is 0. The molecule has 0 radical (unpaired) electrons. The van der Waals surface area contributed by atoms with Gasteiger partial charge in [-0.1, -0.05) is 40.7 Å². The number of aromatic nitrogens is 5. The van der Waals surface area contributed by atoms with Gasteiger partial charge in [-0.25, -0.2) is 9.07 Å². The Morgan fingerprint density at radius 1 is 1.21 bits per heavy atom. The van der Waals surface area contributed by atoms with E-state index >= 15 is 0 Å². The zero-order valence-corrected chi connectivity index (χ0v) is 17.9. The molecule has 9 nitrogen and oxygen atoms in total. The Bertz CT molecular complexity index is 1270. The van der Waals surface area contributed by atoms with E-state index in [9.17, 15) is 9.18 Å². The van der Waals surface area contributed by atoms with Crippen molar-refractivity contribution >= 4 is 5.91 Å². The lowest BCUT2D eigenvalue weighted by molar-refractivity contribution is 0.0671. The zero-order valence-electron chi connectivity index (χ0n) is 17.9. The molecule has 0 bridgehead atoms. The Morgan fingerprint density at radius 2 is 2.06 bits per heavy atom. The first kappa shape index (κ1) is 20.8. The van der Waals surface area contributed by atoms with Crippen LogP contribution in [0, 0.1) is 5.82 Å². The van der Waals surface area contributed by atoms with E-state index in [1.54, 1.807) is 21.8 Å². The number of benzene rings is 2. The molecule has 5 rings (SSSR count). The van der Waals surface area contributed by atoms with E-state index in [1.807, 2.05) is 30.3 Å². The Labute approximate surface area is 188 Å². The monoisotopic (exact) mass is 448 g/mol. The maximum Gasteiger partial charge on any atom is 0.280 e. The fourth-order valence-electron chi connectivity index (χ4n) is 3.92. The molecule has 1 unspecified atom stereocenters. The molecular formula is C23H21FN6O3. The zero-order chi connectivity index (χ0) is 22.8. The van der Waals surface area contributed by atoms with Gasteiger partial charge in [0.05, 0.1) is 19.3 Å². The summed E-state index contributed by atoms with van der Waals surface area (Å²) in [7, 11) is 1.39. The summed E-state index contributed by atoms with van der Waals surface area (Å²) < 4.78 is 26.1. The molecule has 1 atom stereocenters. The van der Waals surface area contributed by atoms with E-state index in [-0.39, 0.29) is 29.2 Å². The third-order valence-corrected chi connectivity index (χ3v) is 5.64. The number of methoxy groups -OCH3 is 1. The third kappa shape index (κ3) is 4.19. The van der Waals surface area contributed by atoms with Crippen LogP contribution in [0.2, 0.25) is 0 Å². The molecule has 3 heterocycles. The third-order valence-electron chi connectivity index (χ3n) is 5.64. The smallest absolute Gasteiger partial charge is 0.280 e. The lowest BCUT2D eigenvalue weighted by Crippen LogP contribution is -2.40. The van der Waals surface area contributed by atoms with Gasteiger partial charge in [-0.15, -0.1) is 5.10 Å². The summed E-state index contributed by atoms with van der Waals surface area (Å²) in [4.78, 5) is 19.0. The van der Waals surface area contributed by atoms with E-state index in [2.05, 4.69) is 20.5 Å². The number of hydrogen-bond acceptors (Lipinski definition) is 7. The van der Waals surface area contributed by atoms with Crippen LogP contribution in [0.25, 0.3) is 23.0 Å². The maximum absolute atomic E-state index is 14.1. The number of carbonyl (C=O) groups is 1. The molecule has 168 valence electrons. The molecule has 33 heavy (non-hydrogen) atoms. The molecule has 1 amide bonds. The van der Waals surface area contributed by atoms with Crippen LogP contribution in [-0.4, -0.2) is 56.1 Å². The van der Waals surface area contributed by atoms with Crippen LogP contribution in [0.5, 0.6) is 5.75 Å². The average molecular weight is 448 g/mol. The first-order chi connectivity index (χ1) is 16.1. The first-order valence-electron chi connectivity index (χ1n) is 10.6. The van der Waals surface area contributed by atoms with Gasteiger partial charge in [0.25, 0.3) is 11.8 Å². The van der Waals surface area contributed by atoms with Crippen LogP contribution >= 0.6 is 0 Å². The molecular weight excluding hydrogens is 427 g/mol. The van der Waals surface area contributed by atoms with Crippen LogP contribution < -0.4 is 4.74 Å². The minimum atomic E-state index is -0.563. The molecule has 2 aromatic carbocycles. The number of amides is 1. The largest absolute Gasteiger partial charge is 0.494 e. The highest BCUT2D eigenvalue weighted by atomic mass is 19.1. The van der Waals surface area contributed by atoms with Crippen molar-refractivity contribution in [2.75, 3.05) is 20.2 Å². The topological polar surface area (TPSA) is 99.2 Å². The Kier molecular flexibility index (Phi) is 5.55. The van der Waals surface area contributed by atoms with Crippen LogP contribution in [0.3, 0.4) is 0 Å². The Morgan fingerprint density at radius 3 is 2.85 bits per heavy atom. The van der Waals surface area contributed by atoms with Crippen molar-refractivity contribution in [3.63, 3.8) is 0 Å². The predicted octanol–water partition coefficient (Wildman–Crippen LogP) is 3.62. The number of likely N-dealkylation sites (tertiary alicyclic amines) is 1. The van der Waals surface area contributed by atoms with Gasteiger partial charge in [0.2, 0.25) is 5.82 Å². The standard InChI is InChI=1S/C23H21FN6O3/c1-32-20-10-9-16(12-18(20)24)23(31)29-11-5-8-17(13-29)30-14-19(26-28-30)22-25-21(27-33-22)15-6-3-2-4-7-15/h2-4,6-7,9-10,12,14,17H,5,8,11,13H2,1H3. The fourth-order valence-corrected chi connectivity index (χ4v) is 3.92. The number of ether oxygens (including phenoxy) is 1. The minimum Gasteiger partial charge on any atom is -0.494 e. The Hall–Kier alpha value is -4.08. The van der Waals surface area contributed by atoms with Gasteiger partial charge in [0, 0.05) is 24.2 Å². The molecule has 0 aliphatic carbocycles. The summed E-state index contributed by atoms with van der Waals surface area (Å²) >= 11 is 0. The first-order valence-corrected chi connectivity index (χ1v) is 10.6. The van der Waals surface area contributed by atoms with Crippen molar-refractivity contribution in [1.82, 2.24) is 30.0 Å². The quantitative estimate of drug-likeness (QED) is 0.460. The number of rotatable bonds is 5. The van der Waals surface area contributed by atoms with Gasteiger partial charge in [-0.2, -0.15) is 4.98 Å². The molecule has 0 N–H and O–H groups in total. The molecule has 1 fully saturated rings. The van der Waals surface area contributed by atoms with Gasteiger partial charge in [0.1, 0.15) is 0 Å². The van der Waals surface area contributed by atoms with E-state index < -0.39 is 5.82 Å². The molecule has 0 spiro atoms. The van der Waals surface area contributed by atoms with E-state index in [1.165, 1.54) is 19.2 Å². The minimum absolute atomic E-state index is 0.0661. The van der Waals surface area contributed by atoms with E-state index in [0.717, 1.165) is 18.4 Å². The van der Waals surface area contributed by atoms with Gasteiger partial charge < -0.3 is 14.2 Å². The van der Waals surface area contributed by atoms with Gasteiger partial charge in [-0.3, -0.25) is 4.79 Å². The van der Waals surface area contributed by atoms with Crippen LogP contribution in [0.4, 0.5) is 4.39 Å². The van der Waals surface area contributed by atoms with Crippen LogP contribution in [-0.2, 0) is 0 Å². The fraction of sp³-hybridized carbons (Fsp3) is 0.261. The highest BCUT2D eigenvalue weighted by molar-refractivity contribution is 5.94.